The molecule has 0 aliphatic carbocycles. The average molecular weight is 965 g/mol. The first-order valence-corrected chi connectivity index (χ1v) is 20.9. The van der Waals surface area contributed by atoms with Crippen molar-refractivity contribution in [2.75, 3.05) is 0 Å². The highest BCUT2D eigenvalue weighted by Crippen LogP contribution is 2.46. The number of alkyl halides is 12. The van der Waals surface area contributed by atoms with Crippen molar-refractivity contribution in [2.24, 2.45) is 0 Å². The van der Waals surface area contributed by atoms with Gasteiger partial charge >= 0.3 is 24.7 Å². The minimum atomic E-state index is -5.14. The smallest absolute Gasteiger partial charge is 0.308 e. The predicted molar refractivity (Wildman–Crippen MR) is 241 cm³/mol. The Morgan fingerprint density at radius 2 is 0.771 bits per heavy atom. The van der Waals surface area contributed by atoms with Crippen LogP contribution in [0.25, 0.3) is 93.5 Å². The molecule has 0 aliphatic heterocycles. The summed E-state index contributed by atoms with van der Waals surface area (Å²) in [6, 6.07) is 28.4. The van der Waals surface area contributed by atoms with Gasteiger partial charge in [-0.3, -0.25) is 0 Å². The molecule has 0 atom stereocenters. The molecule has 0 N–H and O–H groups in total. The van der Waals surface area contributed by atoms with Gasteiger partial charge in [-0.2, -0.15) is 52.7 Å². The zero-order valence-electron chi connectivity index (χ0n) is 35.9. The molecule has 0 amide bonds. The number of benzene rings is 7. The third kappa shape index (κ3) is 7.90. The van der Waals surface area contributed by atoms with Crippen molar-refractivity contribution < 1.29 is 52.7 Å². The van der Waals surface area contributed by atoms with E-state index in [1.54, 1.807) is 89.7 Å². The van der Waals surface area contributed by atoms with Crippen molar-refractivity contribution in [2.45, 2.75) is 38.6 Å². The molecule has 0 spiro atoms. The zero-order valence-corrected chi connectivity index (χ0v) is 35.9. The van der Waals surface area contributed by atoms with Crippen LogP contribution in [0.2, 0.25) is 0 Å². The van der Waals surface area contributed by atoms with E-state index < -0.39 is 52.5 Å². The maximum atomic E-state index is 14.2. The highest BCUT2D eigenvalue weighted by molar-refractivity contribution is 6.13. The SMILES string of the molecule is [C-]#[N+]c1cc(-n2c3ccccc3c3ccc(-c4cc(C(F)(F)F)cc(C(F)(F)F)c4)cc32)c(-n2c3ccccc3c3ccc(-c4cc(C(F)(F)F)cc(C(F)(F)F)c4)cc32)cc1-c1nc(C)nc(C)n1. The number of nitrogens with zero attached hydrogens (tertiary/aromatic N) is 6. The van der Waals surface area contributed by atoms with Gasteiger partial charge in [-0.05, 0) is 109 Å². The molecule has 0 bridgehead atoms. The molecular weight excluding hydrogens is 937 g/mol. The summed E-state index contributed by atoms with van der Waals surface area (Å²) in [5.74, 6) is 0.703. The summed E-state index contributed by atoms with van der Waals surface area (Å²) in [6.07, 6.45) is -20.6. The van der Waals surface area contributed by atoms with Gasteiger partial charge in [-0.15, -0.1) is 0 Å². The molecular formula is C52H28F12N6. The van der Waals surface area contributed by atoms with E-state index in [2.05, 4.69) is 19.8 Å². The Morgan fingerprint density at radius 3 is 1.16 bits per heavy atom. The van der Waals surface area contributed by atoms with Crippen molar-refractivity contribution in [1.82, 2.24) is 24.1 Å². The quantitative estimate of drug-likeness (QED) is 0.128. The van der Waals surface area contributed by atoms with Crippen LogP contribution in [0, 0.1) is 20.4 Å². The third-order valence-corrected chi connectivity index (χ3v) is 12.0. The lowest BCUT2D eigenvalue weighted by Crippen LogP contribution is -2.11. The number of aryl methyl sites for hydroxylation is 2. The first kappa shape index (κ1) is 45.6. The van der Waals surface area contributed by atoms with Gasteiger partial charge in [0.2, 0.25) is 0 Å². The molecule has 70 heavy (non-hydrogen) atoms. The van der Waals surface area contributed by atoms with E-state index in [9.17, 15) is 52.7 Å². The number of halogens is 12. The van der Waals surface area contributed by atoms with Crippen LogP contribution in [0.5, 0.6) is 0 Å². The van der Waals surface area contributed by atoms with Crippen LogP contribution in [0.3, 0.4) is 0 Å². The van der Waals surface area contributed by atoms with Gasteiger partial charge in [0, 0.05) is 27.1 Å². The van der Waals surface area contributed by atoms with Gasteiger partial charge in [0.05, 0.1) is 62.3 Å². The second kappa shape index (κ2) is 15.9. The predicted octanol–water partition coefficient (Wildman–Crippen LogP) is 16.3. The minimum absolute atomic E-state index is 0.00337. The van der Waals surface area contributed by atoms with Crippen molar-refractivity contribution in [3.8, 4) is 45.0 Å². The number of rotatable bonds is 5. The summed E-state index contributed by atoms with van der Waals surface area (Å²) in [4.78, 5) is 17.2. The molecule has 3 heterocycles. The van der Waals surface area contributed by atoms with E-state index in [0.717, 1.165) is 0 Å². The molecule has 0 saturated carbocycles. The maximum Gasteiger partial charge on any atom is 0.416 e. The van der Waals surface area contributed by atoms with E-state index in [4.69, 9.17) is 6.57 Å². The Bertz CT molecular complexity index is 3750. The van der Waals surface area contributed by atoms with E-state index in [1.807, 2.05) is 0 Å². The van der Waals surface area contributed by atoms with Gasteiger partial charge in [-0.1, -0.05) is 60.7 Å². The van der Waals surface area contributed by atoms with Crippen molar-refractivity contribution in [1.29, 1.82) is 0 Å². The Balaban J connectivity index is 1.33. The Labute approximate surface area is 387 Å². The molecule has 350 valence electrons. The molecule has 0 radical (unpaired) electrons. The van der Waals surface area contributed by atoms with Crippen LogP contribution < -0.4 is 0 Å². The fraction of sp³-hybridized carbons (Fsp3) is 0.115. The monoisotopic (exact) mass is 964 g/mol. The minimum Gasteiger partial charge on any atom is -0.308 e. The Kier molecular flexibility index (Phi) is 10.4. The molecule has 10 rings (SSSR count). The fourth-order valence-electron chi connectivity index (χ4n) is 8.99. The van der Waals surface area contributed by atoms with Crippen LogP contribution in [0.1, 0.15) is 33.9 Å². The number of hydrogen-bond acceptors (Lipinski definition) is 3. The topological polar surface area (TPSA) is 52.9 Å². The molecule has 0 aliphatic rings. The summed E-state index contributed by atoms with van der Waals surface area (Å²) in [5.41, 5.74) is -4.66. The zero-order chi connectivity index (χ0) is 49.8. The maximum absolute atomic E-state index is 14.2. The van der Waals surface area contributed by atoms with Crippen molar-refractivity contribution in [3.63, 3.8) is 0 Å². The first-order chi connectivity index (χ1) is 33.0. The molecule has 0 fully saturated rings. The van der Waals surface area contributed by atoms with Crippen LogP contribution in [-0.4, -0.2) is 24.1 Å². The van der Waals surface area contributed by atoms with Crippen LogP contribution >= 0.6 is 0 Å². The molecule has 3 aromatic heterocycles. The highest BCUT2D eigenvalue weighted by atomic mass is 19.4. The molecule has 18 heteroatoms. The van der Waals surface area contributed by atoms with E-state index in [0.29, 0.717) is 74.0 Å². The third-order valence-electron chi connectivity index (χ3n) is 12.0. The molecule has 10 aromatic rings. The van der Waals surface area contributed by atoms with Gasteiger partial charge in [0.15, 0.2) is 11.5 Å². The molecule has 7 aromatic carbocycles. The summed E-state index contributed by atoms with van der Waals surface area (Å²) in [6.45, 7) is 11.7. The molecule has 6 nitrogen and oxygen atoms in total. The standard InChI is InChI=1S/C52H28F12N6/c1-26-66-27(2)68-48(67-26)40-24-46(69-42-10-6-4-8-36(42)38-14-12-28(20-44(38)69)30-16-32(49(53,54)55)22-33(17-30)50(56,57)58)47(25-41(40)65-3)70-43-11-7-5-9-37(43)39-15-13-29(21-45(39)70)31-18-34(51(59,60)61)23-35(19-31)52(62,63)64/h4-25H,1-2H3. The Hall–Kier alpha value is -8.20. The summed E-state index contributed by atoms with van der Waals surface area (Å²) in [5, 5.41) is 2.24. The number of para-hydroxylation sites is 2. The lowest BCUT2D eigenvalue weighted by Gasteiger charge is -2.20. The van der Waals surface area contributed by atoms with Gasteiger partial charge in [-0.25, -0.2) is 19.8 Å². The van der Waals surface area contributed by atoms with E-state index in [1.165, 1.54) is 30.3 Å². The van der Waals surface area contributed by atoms with Crippen molar-refractivity contribution >= 4 is 49.3 Å². The summed E-state index contributed by atoms with van der Waals surface area (Å²) < 4.78 is 173. The summed E-state index contributed by atoms with van der Waals surface area (Å²) in [7, 11) is 0. The first-order valence-electron chi connectivity index (χ1n) is 20.9. The van der Waals surface area contributed by atoms with Gasteiger partial charge < -0.3 is 9.13 Å². The van der Waals surface area contributed by atoms with E-state index in [-0.39, 0.29) is 62.8 Å². The molecule has 0 unspecified atom stereocenters. The lowest BCUT2D eigenvalue weighted by atomic mass is 9.98. The Morgan fingerprint density at radius 1 is 0.400 bits per heavy atom. The van der Waals surface area contributed by atoms with Crippen LogP contribution in [0.4, 0.5) is 58.4 Å². The van der Waals surface area contributed by atoms with Crippen LogP contribution in [0.15, 0.2) is 133 Å². The molecule has 0 saturated heterocycles. The number of fused-ring (bicyclic) bond motifs is 6. The van der Waals surface area contributed by atoms with E-state index >= 15 is 0 Å². The number of hydrogen-bond donors (Lipinski definition) is 0. The second-order valence-electron chi connectivity index (χ2n) is 16.5. The largest absolute Gasteiger partial charge is 0.416 e. The van der Waals surface area contributed by atoms with Gasteiger partial charge in [0.25, 0.3) is 0 Å². The lowest BCUT2D eigenvalue weighted by molar-refractivity contribution is -0.144. The fourth-order valence-corrected chi connectivity index (χ4v) is 8.99. The van der Waals surface area contributed by atoms with Crippen LogP contribution in [-0.2, 0) is 24.7 Å². The normalized spacial score (nSPS) is 12.7. The second-order valence-corrected chi connectivity index (χ2v) is 16.5. The van der Waals surface area contributed by atoms with Crippen molar-refractivity contribution in [3.05, 3.63) is 179 Å². The average Bonchev–Trinajstić information content (AvgIpc) is 3.81. The van der Waals surface area contributed by atoms with Gasteiger partial charge in [0.1, 0.15) is 11.6 Å². The summed E-state index contributed by atoms with van der Waals surface area (Å²) >= 11 is 0. The number of aromatic nitrogens is 5. The highest BCUT2D eigenvalue weighted by Gasteiger charge is 2.39.